The molecular formula is C13H18N2O3. The highest BCUT2D eigenvalue weighted by molar-refractivity contribution is 5.87. The molecule has 1 aromatic rings. The number of carboxylic acids is 1. The average Bonchev–Trinajstić information content (AvgIpc) is 2.63. The second-order valence-electron chi connectivity index (χ2n) is 3.94. The third-order valence-electron chi connectivity index (χ3n) is 2.50. The molecule has 5 nitrogen and oxygen atoms in total. The first-order chi connectivity index (χ1) is 9.07. The number of ether oxygens (including phenoxy) is 1. The van der Waals surface area contributed by atoms with Crippen LogP contribution in [-0.2, 0) is 18.4 Å². The van der Waals surface area contributed by atoms with Crippen molar-refractivity contribution in [3.8, 4) is 12.3 Å². The summed E-state index contributed by atoms with van der Waals surface area (Å²) in [7, 11) is 1.50. The van der Waals surface area contributed by atoms with Crippen LogP contribution in [0.4, 0.5) is 0 Å². The molecule has 0 saturated heterocycles. The number of carboxylic acid groups (broad SMARTS) is 1. The van der Waals surface area contributed by atoms with E-state index >= 15 is 0 Å². The Hall–Kier alpha value is -1.80. The van der Waals surface area contributed by atoms with Crippen LogP contribution in [0.25, 0.3) is 0 Å². The van der Waals surface area contributed by atoms with Gasteiger partial charge in [-0.25, -0.2) is 4.79 Å². The van der Waals surface area contributed by atoms with Gasteiger partial charge in [0.15, 0.2) is 5.69 Å². The van der Waals surface area contributed by atoms with Crippen LogP contribution in [0.1, 0.15) is 43.1 Å². The maximum atomic E-state index is 11.0. The smallest absolute Gasteiger partial charge is 0.354 e. The highest BCUT2D eigenvalue weighted by Gasteiger charge is 2.15. The van der Waals surface area contributed by atoms with Gasteiger partial charge in [0.2, 0.25) is 0 Å². The molecule has 0 bridgehead atoms. The van der Waals surface area contributed by atoms with E-state index in [1.54, 1.807) is 0 Å². The van der Waals surface area contributed by atoms with E-state index < -0.39 is 5.97 Å². The summed E-state index contributed by atoms with van der Waals surface area (Å²) in [6.07, 6.45) is 8.68. The first-order valence-electron chi connectivity index (χ1n) is 6.35. The van der Waals surface area contributed by atoms with E-state index in [9.17, 15) is 4.79 Å². The lowest BCUT2D eigenvalue weighted by molar-refractivity contribution is 0.0674. The Morgan fingerprint density at radius 2 is 2.44 bits per heavy atom. The van der Waals surface area contributed by atoms with Crippen molar-refractivity contribution in [2.45, 2.75) is 32.3 Å². The van der Waals surface area contributed by atoms with Gasteiger partial charge < -0.3 is 9.84 Å². The van der Waals surface area contributed by atoms with Crippen molar-refractivity contribution < 1.29 is 16.0 Å². The minimum Gasteiger partial charge on any atom is -0.477 e. The number of rotatable bonds is 8. The molecule has 0 atom stereocenters. The van der Waals surface area contributed by atoms with E-state index in [4.69, 9.17) is 17.6 Å². The van der Waals surface area contributed by atoms with Gasteiger partial charge in [-0.15, -0.1) is 12.3 Å². The average molecular weight is 251 g/mol. The molecule has 98 valence electrons. The Kier molecular flexibility index (Phi) is 5.28. The number of carbonyl (C=O) groups is 1. The van der Waals surface area contributed by atoms with E-state index in [2.05, 4.69) is 11.0 Å². The van der Waals surface area contributed by atoms with Gasteiger partial charge >= 0.3 is 5.97 Å². The van der Waals surface area contributed by atoms with Gasteiger partial charge in [0, 0.05) is 25.6 Å². The first kappa shape index (κ1) is 12.7. The highest BCUT2D eigenvalue weighted by atomic mass is 16.5. The molecular weight excluding hydrogens is 232 g/mol. The van der Waals surface area contributed by atoms with Gasteiger partial charge in [-0.3, -0.25) is 4.68 Å². The Morgan fingerprint density at radius 3 is 3.11 bits per heavy atom. The Bertz CT molecular complexity index is 477. The SMILES string of the molecule is [2H]c1nn(C)c(C(=O)O)c1COCCCCCC#C. The third-order valence-corrected chi connectivity index (χ3v) is 2.50. The van der Waals surface area contributed by atoms with Crippen molar-refractivity contribution in [3.63, 3.8) is 0 Å². The molecule has 5 heteroatoms. The summed E-state index contributed by atoms with van der Waals surface area (Å²) < 4.78 is 14.2. The van der Waals surface area contributed by atoms with Crippen molar-refractivity contribution in [1.29, 1.82) is 0 Å². The second kappa shape index (κ2) is 7.51. The topological polar surface area (TPSA) is 64.4 Å². The van der Waals surface area contributed by atoms with Crippen LogP contribution in [0.5, 0.6) is 0 Å². The normalized spacial score (nSPS) is 11.0. The molecule has 0 aliphatic rings. The molecule has 0 radical (unpaired) electrons. The fourth-order valence-electron chi connectivity index (χ4n) is 1.58. The molecule has 1 rings (SSSR count). The van der Waals surface area contributed by atoms with Gasteiger partial charge in [0.05, 0.1) is 14.2 Å². The summed E-state index contributed by atoms with van der Waals surface area (Å²) in [5.41, 5.74) is 0.330. The van der Waals surface area contributed by atoms with Gasteiger partial charge in [-0.1, -0.05) is 6.42 Å². The van der Waals surface area contributed by atoms with Gasteiger partial charge in [-0.05, 0) is 12.8 Å². The zero-order chi connectivity index (χ0) is 14.3. The molecule has 0 unspecified atom stereocenters. The predicted octanol–water partition coefficient (Wildman–Crippen LogP) is 1.83. The minimum absolute atomic E-state index is 0.0114. The van der Waals surface area contributed by atoms with Crippen molar-refractivity contribution in [3.05, 3.63) is 17.4 Å². The molecule has 0 aliphatic heterocycles. The van der Waals surface area contributed by atoms with Crippen LogP contribution in [0.2, 0.25) is 0 Å². The lowest BCUT2D eigenvalue weighted by Gasteiger charge is -2.04. The summed E-state index contributed by atoms with van der Waals surface area (Å²) >= 11 is 0. The molecule has 1 heterocycles. The van der Waals surface area contributed by atoms with E-state index in [1.807, 2.05) is 0 Å². The van der Waals surface area contributed by atoms with E-state index in [0.29, 0.717) is 12.2 Å². The quantitative estimate of drug-likeness (QED) is 0.565. The minimum atomic E-state index is -1.10. The maximum absolute atomic E-state index is 11.0. The van der Waals surface area contributed by atoms with Gasteiger partial charge in [0.25, 0.3) is 0 Å². The fourth-order valence-corrected chi connectivity index (χ4v) is 1.58. The summed E-state index contributed by atoms with van der Waals surface area (Å²) in [5.74, 6) is 1.48. The van der Waals surface area contributed by atoms with Crippen LogP contribution < -0.4 is 0 Å². The second-order valence-corrected chi connectivity index (χ2v) is 3.94. The zero-order valence-electron chi connectivity index (χ0n) is 11.5. The van der Waals surface area contributed by atoms with Gasteiger partial charge in [0.1, 0.15) is 0 Å². The predicted molar refractivity (Wildman–Crippen MR) is 67.1 cm³/mol. The van der Waals surface area contributed by atoms with Crippen molar-refractivity contribution in [2.24, 2.45) is 7.05 Å². The number of hydrogen-bond acceptors (Lipinski definition) is 3. The standard InChI is InChI=1S/C13H18N2O3/c1-3-4-5-6-7-8-18-10-11-9-14-15(2)12(11)13(16)17/h1,9H,4-8,10H2,2H3,(H,16,17)/i9D. The van der Waals surface area contributed by atoms with E-state index in [1.165, 1.54) is 11.7 Å². The number of aryl methyl sites for hydroxylation is 1. The Morgan fingerprint density at radius 1 is 1.67 bits per heavy atom. The van der Waals surface area contributed by atoms with Crippen LogP contribution in [0.15, 0.2) is 6.17 Å². The molecule has 0 amide bonds. The number of unbranched alkanes of at least 4 members (excludes halogenated alkanes) is 3. The monoisotopic (exact) mass is 251 g/mol. The molecule has 0 saturated carbocycles. The lowest BCUT2D eigenvalue weighted by atomic mass is 10.2. The molecule has 0 spiro atoms. The highest BCUT2D eigenvalue weighted by Crippen LogP contribution is 2.09. The Labute approximate surface area is 108 Å². The number of aromatic nitrogens is 2. The third kappa shape index (κ3) is 4.22. The Balaban J connectivity index is 2.41. The van der Waals surface area contributed by atoms with Crippen LogP contribution >= 0.6 is 0 Å². The summed E-state index contributed by atoms with van der Waals surface area (Å²) in [6, 6.07) is 0. The van der Waals surface area contributed by atoms with Crippen LogP contribution in [0, 0.1) is 12.3 Å². The van der Waals surface area contributed by atoms with Crippen LogP contribution in [-0.4, -0.2) is 27.5 Å². The number of terminal acetylenes is 1. The van der Waals surface area contributed by atoms with Crippen LogP contribution in [0.3, 0.4) is 0 Å². The number of hydrogen-bond donors (Lipinski definition) is 1. The summed E-state index contributed by atoms with van der Waals surface area (Å²) in [6.45, 7) is 0.626. The number of nitrogens with zero attached hydrogens (tertiary/aromatic N) is 2. The van der Waals surface area contributed by atoms with Crippen molar-refractivity contribution in [2.75, 3.05) is 6.61 Å². The first-order valence-corrected chi connectivity index (χ1v) is 5.85. The van der Waals surface area contributed by atoms with Crippen molar-refractivity contribution >= 4 is 5.97 Å². The summed E-state index contributed by atoms with van der Waals surface area (Å²) in [4.78, 5) is 11.0. The van der Waals surface area contributed by atoms with E-state index in [-0.39, 0.29) is 18.5 Å². The van der Waals surface area contributed by atoms with E-state index in [0.717, 1.165) is 25.7 Å². The largest absolute Gasteiger partial charge is 0.477 e. The number of aromatic carboxylic acids is 1. The molecule has 0 aliphatic carbocycles. The molecule has 0 fully saturated rings. The van der Waals surface area contributed by atoms with Gasteiger partial charge in [-0.2, -0.15) is 5.10 Å². The molecule has 18 heavy (non-hydrogen) atoms. The molecule has 1 N–H and O–H groups in total. The fraction of sp³-hybridized carbons (Fsp3) is 0.538. The lowest BCUT2D eigenvalue weighted by Crippen LogP contribution is -2.09. The molecule has 1 aromatic heterocycles. The summed E-state index contributed by atoms with van der Waals surface area (Å²) in [5, 5.41) is 12.8. The molecule has 0 aromatic carbocycles. The van der Waals surface area contributed by atoms with Crippen molar-refractivity contribution in [1.82, 2.24) is 9.78 Å². The zero-order valence-corrected chi connectivity index (χ0v) is 10.5. The maximum Gasteiger partial charge on any atom is 0.354 e.